The quantitative estimate of drug-likeness (QED) is 0.371. The van der Waals surface area contributed by atoms with Gasteiger partial charge in [-0.25, -0.2) is 9.78 Å². The summed E-state index contributed by atoms with van der Waals surface area (Å²) in [5, 5.41) is 9.95. The molecule has 2 aromatic heterocycles. The number of hydrogen-bond donors (Lipinski definition) is 0. The lowest BCUT2D eigenvalue weighted by molar-refractivity contribution is -0.145. The van der Waals surface area contributed by atoms with Gasteiger partial charge >= 0.3 is 5.97 Å². The summed E-state index contributed by atoms with van der Waals surface area (Å²) in [4.78, 5) is 16.6. The molecule has 0 amide bonds. The Morgan fingerprint density at radius 1 is 1.38 bits per heavy atom. The predicted molar refractivity (Wildman–Crippen MR) is 98.3 cm³/mol. The van der Waals surface area contributed by atoms with Crippen LogP contribution in [0.5, 0.6) is 0 Å². The van der Waals surface area contributed by atoms with E-state index in [1.54, 1.807) is 19.1 Å². The molecule has 6 nitrogen and oxygen atoms in total. The first-order chi connectivity index (χ1) is 12.6. The van der Waals surface area contributed by atoms with Crippen molar-refractivity contribution in [1.29, 1.82) is 5.26 Å². The van der Waals surface area contributed by atoms with E-state index in [1.807, 2.05) is 30.3 Å². The van der Waals surface area contributed by atoms with Crippen LogP contribution in [0.2, 0.25) is 0 Å². The molecule has 0 aliphatic heterocycles. The highest BCUT2D eigenvalue weighted by Crippen LogP contribution is 2.31. The number of furan rings is 1. The van der Waals surface area contributed by atoms with E-state index in [0.29, 0.717) is 11.5 Å². The van der Waals surface area contributed by atoms with Gasteiger partial charge in [-0.15, -0.1) is 11.3 Å². The number of carbonyl (C=O) groups excluding carboxylic acids is 1. The zero-order chi connectivity index (χ0) is 18.5. The van der Waals surface area contributed by atoms with Crippen molar-refractivity contribution in [1.82, 2.24) is 4.98 Å². The number of ether oxygens (including phenoxy) is 2. The third-order valence-corrected chi connectivity index (χ3v) is 4.52. The van der Waals surface area contributed by atoms with Crippen LogP contribution in [-0.4, -0.2) is 30.8 Å². The van der Waals surface area contributed by atoms with Gasteiger partial charge < -0.3 is 13.9 Å². The zero-order valence-electron chi connectivity index (χ0n) is 14.3. The van der Waals surface area contributed by atoms with Gasteiger partial charge in [0.25, 0.3) is 0 Å². The maximum atomic E-state index is 12.0. The Hall–Kier alpha value is -2.95. The molecule has 0 bridgehead atoms. The summed E-state index contributed by atoms with van der Waals surface area (Å²) in [5.74, 6) is 0.248. The first kappa shape index (κ1) is 17.9. The fourth-order valence-electron chi connectivity index (χ4n) is 2.32. The van der Waals surface area contributed by atoms with Crippen molar-refractivity contribution in [3.63, 3.8) is 0 Å². The van der Waals surface area contributed by atoms with Gasteiger partial charge in [0.2, 0.25) is 0 Å². The summed E-state index contributed by atoms with van der Waals surface area (Å²) in [6.07, 6.45) is 0.915. The van der Waals surface area contributed by atoms with Crippen molar-refractivity contribution >= 4 is 33.6 Å². The van der Waals surface area contributed by atoms with Gasteiger partial charge in [0.1, 0.15) is 23.5 Å². The SMILES string of the molecule is COC[C@@H](C)OC(=O)/C(C#N)=C/c1ccc(-c2nc3ccccc3s2)o1. The van der Waals surface area contributed by atoms with E-state index in [0.717, 1.165) is 15.2 Å². The van der Waals surface area contributed by atoms with Crippen molar-refractivity contribution in [2.75, 3.05) is 13.7 Å². The van der Waals surface area contributed by atoms with Crippen molar-refractivity contribution in [3.8, 4) is 16.8 Å². The lowest BCUT2D eigenvalue weighted by Gasteiger charge is -2.11. The van der Waals surface area contributed by atoms with E-state index in [-0.39, 0.29) is 12.2 Å². The summed E-state index contributed by atoms with van der Waals surface area (Å²) < 4.78 is 16.8. The molecule has 0 aliphatic rings. The van der Waals surface area contributed by atoms with Crippen LogP contribution < -0.4 is 0 Å². The number of thiazole rings is 1. The number of aromatic nitrogens is 1. The van der Waals surface area contributed by atoms with Crippen LogP contribution >= 0.6 is 11.3 Å². The Labute approximate surface area is 154 Å². The Morgan fingerprint density at radius 3 is 2.92 bits per heavy atom. The number of carbonyl (C=O) groups is 1. The number of hydrogen-bond acceptors (Lipinski definition) is 7. The molecule has 0 saturated heterocycles. The van der Waals surface area contributed by atoms with Crippen molar-refractivity contribution in [2.24, 2.45) is 0 Å². The van der Waals surface area contributed by atoms with E-state index in [2.05, 4.69) is 4.98 Å². The molecule has 1 atom stereocenters. The summed E-state index contributed by atoms with van der Waals surface area (Å²) in [6, 6.07) is 13.1. The molecule has 0 fully saturated rings. The second-order valence-corrected chi connectivity index (χ2v) is 6.56. The van der Waals surface area contributed by atoms with E-state index in [9.17, 15) is 10.1 Å². The third kappa shape index (κ3) is 3.99. The zero-order valence-corrected chi connectivity index (χ0v) is 15.1. The molecular formula is C19H16N2O4S. The molecule has 26 heavy (non-hydrogen) atoms. The minimum Gasteiger partial charge on any atom is -0.456 e. The standard InChI is InChI=1S/C19H16N2O4S/c1-12(11-23-2)24-19(22)13(10-20)9-14-7-8-16(25-14)18-21-15-5-3-4-6-17(15)26-18/h3-9,12H,11H2,1-2H3/b13-9+/t12-/m1/s1. The van der Waals surface area contributed by atoms with Crippen LogP contribution in [0.1, 0.15) is 12.7 Å². The highest BCUT2D eigenvalue weighted by Gasteiger charge is 2.16. The van der Waals surface area contributed by atoms with Gasteiger partial charge in [0.15, 0.2) is 10.8 Å². The fourth-order valence-corrected chi connectivity index (χ4v) is 3.24. The molecule has 2 heterocycles. The summed E-state index contributed by atoms with van der Waals surface area (Å²) in [7, 11) is 1.51. The Kier molecular flexibility index (Phi) is 5.46. The number of nitriles is 1. The molecule has 3 aromatic rings. The molecule has 3 rings (SSSR count). The highest BCUT2D eigenvalue weighted by atomic mass is 32.1. The van der Waals surface area contributed by atoms with Crippen molar-refractivity contribution in [3.05, 3.63) is 47.7 Å². The molecule has 0 saturated carbocycles. The fraction of sp³-hybridized carbons (Fsp3) is 0.211. The van der Waals surface area contributed by atoms with Gasteiger partial charge in [-0.3, -0.25) is 0 Å². The second kappa shape index (κ2) is 7.95. The van der Waals surface area contributed by atoms with Gasteiger partial charge in [-0.05, 0) is 31.2 Å². The minimum absolute atomic E-state index is 0.141. The lowest BCUT2D eigenvalue weighted by Crippen LogP contribution is -2.20. The smallest absolute Gasteiger partial charge is 0.349 e. The number of para-hydroxylation sites is 1. The number of methoxy groups -OCH3 is 1. The first-order valence-corrected chi connectivity index (χ1v) is 8.70. The van der Waals surface area contributed by atoms with Crippen LogP contribution in [-0.2, 0) is 14.3 Å². The number of nitrogens with zero attached hydrogens (tertiary/aromatic N) is 2. The Balaban J connectivity index is 1.80. The Morgan fingerprint density at radius 2 is 2.19 bits per heavy atom. The van der Waals surface area contributed by atoms with Crippen molar-refractivity contribution < 1.29 is 18.7 Å². The summed E-state index contributed by atoms with van der Waals surface area (Å²) in [6.45, 7) is 1.95. The summed E-state index contributed by atoms with van der Waals surface area (Å²) in [5.41, 5.74) is 0.757. The van der Waals surface area contributed by atoms with Gasteiger partial charge in [-0.2, -0.15) is 5.26 Å². The van der Waals surface area contributed by atoms with E-state index < -0.39 is 12.1 Å². The molecule has 7 heteroatoms. The average Bonchev–Trinajstić information content (AvgIpc) is 3.26. The van der Waals surface area contributed by atoms with E-state index >= 15 is 0 Å². The minimum atomic E-state index is -0.713. The molecule has 132 valence electrons. The maximum Gasteiger partial charge on any atom is 0.349 e. The van der Waals surface area contributed by atoms with Gasteiger partial charge in [0.05, 0.1) is 16.8 Å². The normalized spacial score (nSPS) is 12.7. The number of rotatable bonds is 6. The molecule has 0 spiro atoms. The average molecular weight is 368 g/mol. The van der Waals surface area contributed by atoms with E-state index in [1.165, 1.54) is 24.5 Å². The molecule has 0 N–H and O–H groups in total. The van der Waals surface area contributed by atoms with Crippen LogP contribution in [0.3, 0.4) is 0 Å². The second-order valence-electron chi connectivity index (χ2n) is 5.53. The van der Waals surface area contributed by atoms with Crippen LogP contribution in [0.15, 0.2) is 46.4 Å². The molecule has 0 aliphatic carbocycles. The lowest BCUT2D eigenvalue weighted by atomic mass is 10.2. The van der Waals surface area contributed by atoms with Gasteiger partial charge in [0, 0.05) is 13.2 Å². The van der Waals surface area contributed by atoms with Crippen LogP contribution in [0.4, 0.5) is 0 Å². The first-order valence-electron chi connectivity index (χ1n) is 7.88. The van der Waals surface area contributed by atoms with E-state index in [4.69, 9.17) is 13.9 Å². The third-order valence-electron chi connectivity index (χ3n) is 3.47. The van der Waals surface area contributed by atoms with Crippen LogP contribution in [0.25, 0.3) is 27.1 Å². The molecule has 0 radical (unpaired) electrons. The molecule has 0 unspecified atom stereocenters. The number of esters is 1. The summed E-state index contributed by atoms with van der Waals surface area (Å²) >= 11 is 1.51. The number of fused-ring (bicyclic) bond motifs is 1. The highest BCUT2D eigenvalue weighted by molar-refractivity contribution is 7.21. The largest absolute Gasteiger partial charge is 0.456 e. The maximum absolute atomic E-state index is 12.0. The topological polar surface area (TPSA) is 85.4 Å². The number of benzene rings is 1. The Bertz CT molecular complexity index is 963. The molecule has 1 aromatic carbocycles. The van der Waals surface area contributed by atoms with Crippen molar-refractivity contribution in [2.45, 2.75) is 13.0 Å². The van der Waals surface area contributed by atoms with Crippen LogP contribution in [0, 0.1) is 11.3 Å². The van der Waals surface area contributed by atoms with Gasteiger partial charge in [-0.1, -0.05) is 12.1 Å². The molecular weight excluding hydrogens is 352 g/mol. The monoisotopic (exact) mass is 368 g/mol. The predicted octanol–water partition coefficient (Wildman–Crippen LogP) is 4.04.